The van der Waals surface area contributed by atoms with Crippen molar-refractivity contribution in [2.24, 2.45) is 5.73 Å². The molecule has 1 fully saturated rings. The molecule has 1 aromatic heterocycles. The zero-order valence-corrected chi connectivity index (χ0v) is 12.3. The molecule has 106 valence electrons. The summed E-state index contributed by atoms with van der Waals surface area (Å²) in [5.41, 5.74) is 8.53. The Kier molecular flexibility index (Phi) is 4.40. The first kappa shape index (κ1) is 14.3. The van der Waals surface area contributed by atoms with Gasteiger partial charge < -0.3 is 10.5 Å². The van der Waals surface area contributed by atoms with Gasteiger partial charge in [0.1, 0.15) is 0 Å². The fourth-order valence-electron chi connectivity index (χ4n) is 3.14. The van der Waals surface area contributed by atoms with Crippen LogP contribution in [0.25, 0.3) is 0 Å². The highest BCUT2D eigenvalue weighted by Crippen LogP contribution is 2.41. The average molecular weight is 263 g/mol. The standard InChI is InChI=1S/C15H25N3O/c1-11(2)13-12(9-17-14(18-13)19-3)15(10-16)7-5-4-6-8-15/h9,11H,4-8,10,16H2,1-3H3. The van der Waals surface area contributed by atoms with Crippen LogP contribution in [0.5, 0.6) is 6.01 Å². The number of ether oxygens (including phenoxy) is 1. The lowest BCUT2D eigenvalue weighted by Gasteiger charge is -2.38. The maximum Gasteiger partial charge on any atom is 0.316 e. The Morgan fingerprint density at radius 2 is 2.00 bits per heavy atom. The third kappa shape index (κ3) is 2.73. The van der Waals surface area contributed by atoms with E-state index in [9.17, 15) is 0 Å². The predicted octanol–water partition coefficient (Wildman–Crippen LogP) is 2.77. The number of aromatic nitrogens is 2. The van der Waals surface area contributed by atoms with E-state index in [1.165, 1.54) is 24.8 Å². The van der Waals surface area contributed by atoms with Gasteiger partial charge in [-0.3, -0.25) is 0 Å². The lowest BCUT2D eigenvalue weighted by Crippen LogP contribution is -2.38. The number of hydrogen-bond acceptors (Lipinski definition) is 4. The van der Waals surface area contributed by atoms with Crippen LogP contribution in [-0.2, 0) is 5.41 Å². The molecule has 0 radical (unpaired) electrons. The van der Waals surface area contributed by atoms with E-state index in [2.05, 4.69) is 23.8 Å². The zero-order chi connectivity index (χ0) is 13.9. The van der Waals surface area contributed by atoms with Gasteiger partial charge in [-0.25, -0.2) is 4.98 Å². The SMILES string of the molecule is COc1ncc(C2(CN)CCCCC2)c(C(C)C)n1. The van der Waals surface area contributed by atoms with Crippen molar-refractivity contribution < 1.29 is 4.74 Å². The quantitative estimate of drug-likeness (QED) is 0.907. The van der Waals surface area contributed by atoms with Crippen molar-refractivity contribution >= 4 is 0 Å². The van der Waals surface area contributed by atoms with Crippen LogP contribution < -0.4 is 10.5 Å². The van der Waals surface area contributed by atoms with Crippen molar-refractivity contribution in [3.05, 3.63) is 17.5 Å². The molecule has 19 heavy (non-hydrogen) atoms. The molecule has 0 aromatic carbocycles. The summed E-state index contributed by atoms with van der Waals surface area (Å²) in [7, 11) is 1.61. The second-order valence-corrected chi connectivity index (χ2v) is 5.86. The summed E-state index contributed by atoms with van der Waals surface area (Å²) in [4.78, 5) is 8.89. The van der Waals surface area contributed by atoms with E-state index in [0.29, 0.717) is 18.5 Å². The van der Waals surface area contributed by atoms with Crippen LogP contribution in [0.1, 0.15) is 63.1 Å². The molecule has 1 saturated carbocycles. The summed E-state index contributed by atoms with van der Waals surface area (Å²) < 4.78 is 5.16. The second-order valence-electron chi connectivity index (χ2n) is 5.86. The summed E-state index contributed by atoms with van der Waals surface area (Å²) in [6, 6.07) is 0.454. The van der Waals surface area contributed by atoms with Crippen LogP contribution >= 0.6 is 0 Å². The van der Waals surface area contributed by atoms with Crippen LogP contribution in [0.2, 0.25) is 0 Å². The van der Waals surface area contributed by atoms with Gasteiger partial charge in [-0.2, -0.15) is 4.98 Å². The molecule has 0 unspecified atom stereocenters. The van der Waals surface area contributed by atoms with E-state index in [0.717, 1.165) is 18.5 Å². The predicted molar refractivity (Wildman–Crippen MR) is 76.5 cm³/mol. The van der Waals surface area contributed by atoms with Crippen molar-refractivity contribution in [3.63, 3.8) is 0 Å². The highest BCUT2D eigenvalue weighted by atomic mass is 16.5. The molecule has 0 spiro atoms. The molecule has 0 amide bonds. The van der Waals surface area contributed by atoms with Gasteiger partial charge in [-0.05, 0) is 24.3 Å². The minimum Gasteiger partial charge on any atom is -0.467 e. The molecule has 1 aliphatic rings. The average Bonchev–Trinajstić information content (AvgIpc) is 2.47. The van der Waals surface area contributed by atoms with Crippen LogP contribution in [0.3, 0.4) is 0 Å². The maximum absolute atomic E-state index is 6.12. The zero-order valence-electron chi connectivity index (χ0n) is 12.3. The van der Waals surface area contributed by atoms with Gasteiger partial charge in [0.2, 0.25) is 0 Å². The number of methoxy groups -OCH3 is 1. The van der Waals surface area contributed by atoms with E-state index >= 15 is 0 Å². The van der Waals surface area contributed by atoms with Gasteiger partial charge in [0.15, 0.2) is 0 Å². The number of nitrogens with zero attached hydrogens (tertiary/aromatic N) is 2. The molecular formula is C15H25N3O. The summed E-state index contributed by atoms with van der Waals surface area (Å²) in [6.07, 6.45) is 8.06. The van der Waals surface area contributed by atoms with Gasteiger partial charge in [0.25, 0.3) is 0 Å². The first-order chi connectivity index (χ1) is 9.13. The van der Waals surface area contributed by atoms with Gasteiger partial charge >= 0.3 is 6.01 Å². The summed E-state index contributed by atoms with van der Waals surface area (Å²) in [5.74, 6) is 0.359. The van der Waals surface area contributed by atoms with Crippen molar-refractivity contribution in [1.82, 2.24) is 9.97 Å². The fraction of sp³-hybridized carbons (Fsp3) is 0.733. The van der Waals surface area contributed by atoms with E-state index in [-0.39, 0.29) is 5.41 Å². The molecule has 0 bridgehead atoms. The van der Waals surface area contributed by atoms with E-state index in [1.807, 2.05) is 6.20 Å². The van der Waals surface area contributed by atoms with Crippen LogP contribution in [0.4, 0.5) is 0 Å². The van der Waals surface area contributed by atoms with Crippen molar-refractivity contribution in [1.29, 1.82) is 0 Å². The molecule has 1 aliphatic carbocycles. The molecule has 1 aromatic rings. The lowest BCUT2D eigenvalue weighted by atomic mass is 9.68. The topological polar surface area (TPSA) is 61.0 Å². The minimum absolute atomic E-state index is 0.0735. The van der Waals surface area contributed by atoms with Gasteiger partial charge in [0, 0.05) is 18.2 Å². The molecule has 4 nitrogen and oxygen atoms in total. The normalized spacial score (nSPS) is 18.6. The Morgan fingerprint density at radius 1 is 1.32 bits per heavy atom. The Bertz CT molecular complexity index is 425. The molecule has 2 N–H and O–H groups in total. The molecule has 0 saturated heterocycles. The van der Waals surface area contributed by atoms with Crippen LogP contribution in [0, 0.1) is 0 Å². The molecule has 0 aliphatic heterocycles. The van der Waals surface area contributed by atoms with Gasteiger partial charge in [0.05, 0.1) is 12.8 Å². The van der Waals surface area contributed by atoms with Crippen LogP contribution in [0.15, 0.2) is 6.20 Å². The van der Waals surface area contributed by atoms with E-state index in [4.69, 9.17) is 10.5 Å². The Hall–Kier alpha value is -1.16. The van der Waals surface area contributed by atoms with Gasteiger partial charge in [-0.1, -0.05) is 33.1 Å². The highest BCUT2D eigenvalue weighted by Gasteiger charge is 2.35. The molecular weight excluding hydrogens is 238 g/mol. The number of hydrogen-bond donors (Lipinski definition) is 1. The minimum atomic E-state index is 0.0735. The molecule has 2 rings (SSSR count). The summed E-state index contributed by atoms with van der Waals surface area (Å²) in [5, 5.41) is 0. The van der Waals surface area contributed by atoms with Gasteiger partial charge in [-0.15, -0.1) is 0 Å². The molecule has 4 heteroatoms. The monoisotopic (exact) mass is 263 g/mol. The van der Waals surface area contributed by atoms with Crippen molar-refractivity contribution in [2.75, 3.05) is 13.7 Å². The molecule has 1 heterocycles. The summed E-state index contributed by atoms with van der Waals surface area (Å²) >= 11 is 0. The van der Waals surface area contributed by atoms with E-state index in [1.54, 1.807) is 7.11 Å². The maximum atomic E-state index is 6.12. The third-order valence-corrected chi connectivity index (χ3v) is 4.30. The second kappa shape index (κ2) is 5.87. The highest BCUT2D eigenvalue weighted by molar-refractivity contribution is 5.32. The van der Waals surface area contributed by atoms with Crippen LogP contribution in [-0.4, -0.2) is 23.6 Å². The number of rotatable bonds is 4. The Morgan fingerprint density at radius 3 is 2.53 bits per heavy atom. The van der Waals surface area contributed by atoms with E-state index < -0.39 is 0 Å². The van der Waals surface area contributed by atoms with Crippen molar-refractivity contribution in [2.45, 2.75) is 57.3 Å². The van der Waals surface area contributed by atoms with Crippen molar-refractivity contribution in [3.8, 4) is 6.01 Å². The largest absolute Gasteiger partial charge is 0.467 e. The Balaban J connectivity index is 2.46. The smallest absolute Gasteiger partial charge is 0.316 e. The lowest BCUT2D eigenvalue weighted by molar-refractivity contribution is 0.294. The Labute approximate surface area is 115 Å². The molecule has 0 atom stereocenters. The number of nitrogens with two attached hydrogens (primary N) is 1. The third-order valence-electron chi connectivity index (χ3n) is 4.30. The fourth-order valence-corrected chi connectivity index (χ4v) is 3.14. The first-order valence-corrected chi connectivity index (χ1v) is 7.24. The first-order valence-electron chi connectivity index (χ1n) is 7.24. The summed E-state index contributed by atoms with van der Waals surface area (Å²) in [6.45, 7) is 5.01.